The van der Waals surface area contributed by atoms with Crippen LogP contribution in [-0.2, 0) is 17.9 Å². The molecular formula is C22H25NO. The van der Waals surface area contributed by atoms with E-state index >= 15 is 0 Å². The van der Waals surface area contributed by atoms with Crippen LogP contribution in [0.2, 0.25) is 0 Å². The minimum atomic E-state index is 0.288. The van der Waals surface area contributed by atoms with Crippen molar-refractivity contribution in [3.63, 3.8) is 0 Å². The molecule has 2 aromatic carbocycles. The molecule has 1 heterocycles. The van der Waals surface area contributed by atoms with Crippen molar-refractivity contribution in [1.82, 2.24) is 4.90 Å². The van der Waals surface area contributed by atoms with Crippen molar-refractivity contribution in [3.05, 3.63) is 58.1 Å². The Labute approximate surface area is 144 Å². The molecule has 0 bridgehead atoms. The highest BCUT2D eigenvalue weighted by Gasteiger charge is 2.33. The second kappa shape index (κ2) is 5.77. The van der Waals surface area contributed by atoms with Crippen LogP contribution >= 0.6 is 0 Å². The number of carbonyl (C=O) groups excluding carboxylic acids is 1. The van der Waals surface area contributed by atoms with E-state index in [4.69, 9.17) is 0 Å². The van der Waals surface area contributed by atoms with E-state index in [-0.39, 0.29) is 5.92 Å². The van der Waals surface area contributed by atoms with Crippen molar-refractivity contribution in [2.75, 3.05) is 0 Å². The monoisotopic (exact) mass is 319 g/mol. The van der Waals surface area contributed by atoms with Gasteiger partial charge in [-0.1, -0.05) is 42.3 Å². The van der Waals surface area contributed by atoms with E-state index in [1.165, 1.54) is 45.4 Å². The first-order chi connectivity index (χ1) is 11.5. The zero-order chi connectivity index (χ0) is 16.8. The number of nitrogens with zero attached hydrogens (tertiary/aromatic N) is 1. The van der Waals surface area contributed by atoms with Crippen molar-refractivity contribution in [3.8, 4) is 11.1 Å². The molecule has 0 saturated heterocycles. The fourth-order valence-corrected chi connectivity index (χ4v) is 4.01. The summed E-state index contributed by atoms with van der Waals surface area (Å²) in [7, 11) is 0. The number of hydrogen-bond acceptors (Lipinski definition) is 1. The second-order valence-corrected chi connectivity index (χ2v) is 7.51. The highest BCUT2D eigenvalue weighted by Crippen LogP contribution is 2.37. The maximum Gasteiger partial charge on any atom is 0.226 e. The van der Waals surface area contributed by atoms with E-state index in [0.717, 1.165) is 25.9 Å². The minimum absolute atomic E-state index is 0.288. The lowest BCUT2D eigenvalue weighted by molar-refractivity contribution is -0.138. The van der Waals surface area contributed by atoms with E-state index in [9.17, 15) is 4.79 Å². The van der Waals surface area contributed by atoms with Crippen LogP contribution in [0.1, 0.15) is 47.1 Å². The van der Waals surface area contributed by atoms with Gasteiger partial charge in [0.05, 0.1) is 0 Å². The number of amides is 1. The van der Waals surface area contributed by atoms with Gasteiger partial charge >= 0.3 is 0 Å². The Morgan fingerprint density at radius 3 is 2.29 bits per heavy atom. The van der Waals surface area contributed by atoms with E-state index in [1.54, 1.807) is 0 Å². The molecule has 24 heavy (non-hydrogen) atoms. The topological polar surface area (TPSA) is 20.3 Å². The summed E-state index contributed by atoms with van der Waals surface area (Å²) >= 11 is 0. The van der Waals surface area contributed by atoms with Crippen molar-refractivity contribution in [1.29, 1.82) is 0 Å². The predicted octanol–water partition coefficient (Wildman–Crippen LogP) is 4.92. The number of aryl methyl sites for hydroxylation is 2. The molecular weight excluding hydrogens is 294 g/mol. The van der Waals surface area contributed by atoms with Gasteiger partial charge in [0.25, 0.3) is 0 Å². The molecule has 1 amide bonds. The van der Waals surface area contributed by atoms with Crippen molar-refractivity contribution < 1.29 is 4.79 Å². The number of rotatable bonds is 2. The largest absolute Gasteiger partial charge is 0.334 e. The van der Waals surface area contributed by atoms with Gasteiger partial charge in [-0.3, -0.25) is 4.79 Å². The zero-order valence-corrected chi connectivity index (χ0v) is 14.9. The van der Waals surface area contributed by atoms with E-state index < -0.39 is 0 Å². The number of carbonyl (C=O) groups is 1. The third-order valence-corrected chi connectivity index (χ3v) is 5.88. The normalized spacial score (nSPS) is 16.9. The lowest BCUT2D eigenvalue weighted by atomic mass is 9.84. The van der Waals surface area contributed by atoms with Crippen molar-refractivity contribution >= 4 is 5.91 Å². The molecule has 0 radical (unpaired) electrons. The van der Waals surface area contributed by atoms with Crippen LogP contribution in [0.25, 0.3) is 11.1 Å². The SMILES string of the molecule is Cc1ccc(-c2cc(C)c3c(c2C)CN(C(=O)C2CCC2)C3)cc1. The Bertz CT molecular complexity index is 800. The summed E-state index contributed by atoms with van der Waals surface area (Å²) in [5.74, 6) is 0.657. The molecule has 0 N–H and O–H groups in total. The van der Waals surface area contributed by atoms with Gasteiger partial charge < -0.3 is 4.90 Å². The maximum atomic E-state index is 12.6. The fraction of sp³-hybridized carbons (Fsp3) is 0.409. The molecule has 0 spiro atoms. The summed E-state index contributed by atoms with van der Waals surface area (Å²) in [6, 6.07) is 11.1. The van der Waals surface area contributed by atoms with E-state index in [2.05, 4.69) is 56.0 Å². The number of benzene rings is 2. The summed E-state index contributed by atoms with van der Waals surface area (Å²) in [6.45, 7) is 8.11. The third-order valence-electron chi connectivity index (χ3n) is 5.88. The molecule has 1 aliphatic carbocycles. The maximum absolute atomic E-state index is 12.6. The second-order valence-electron chi connectivity index (χ2n) is 7.51. The fourth-order valence-electron chi connectivity index (χ4n) is 4.01. The van der Waals surface area contributed by atoms with Gasteiger partial charge in [0.2, 0.25) is 5.91 Å². The molecule has 1 fully saturated rings. The van der Waals surface area contributed by atoms with Crippen molar-refractivity contribution in [2.45, 2.75) is 53.1 Å². The lowest BCUT2D eigenvalue weighted by Gasteiger charge is -2.28. The van der Waals surface area contributed by atoms with Crippen LogP contribution in [-0.4, -0.2) is 10.8 Å². The van der Waals surface area contributed by atoms with Gasteiger partial charge in [-0.2, -0.15) is 0 Å². The van der Waals surface area contributed by atoms with Crippen LogP contribution < -0.4 is 0 Å². The molecule has 0 atom stereocenters. The zero-order valence-electron chi connectivity index (χ0n) is 14.9. The standard InChI is InChI=1S/C22H25NO/c1-14-7-9-17(10-8-14)19-11-15(2)20-12-23(13-21(20)16(19)3)22(24)18-5-4-6-18/h7-11,18H,4-6,12-13H2,1-3H3. The highest BCUT2D eigenvalue weighted by molar-refractivity contribution is 5.81. The average molecular weight is 319 g/mol. The summed E-state index contributed by atoms with van der Waals surface area (Å²) in [5.41, 5.74) is 9.26. The Kier molecular flexibility index (Phi) is 3.71. The first-order valence-electron chi connectivity index (χ1n) is 9.02. The van der Waals surface area contributed by atoms with Gasteiger partial charge in [-0.15, -0.1) is 0 Å². The van der Waals surface area contributed by atoms with Crippen LogP contribution in [0, 0.1) is 26.7 Å². The van der Waals surface area contributed by atoms with Gasteiger partial charge in [-0.25, -0.2) is 0 Å². The van der Waals surface area contributed by atoms with Gasteiger partial charge in [0, 0.05) is 19.0 Å². The summed E-state index contributed by atoms with van der Waals surface area (Å²) < 4.78 is 0. The van der Waals surface area contributed by atoms with Crippen LogP contribution in [0.3, 0.4) is 0 Å². The van der Waals surface area contributed by atoms with E-state index in [0.29, 0.717) is 5.91 Å². The lowest BCUT2D eigenvalue weighted by Crippen LogP contribution is -2.35. The van der Waals surface area contributed by atoms with Gasteiger partial charge in [0.1, 0.15) is 0 Å². The Hall–Kier alpha value is -2.09. The molecule has 2 aromatic rings. The third kappa shape index (κ3) is 2.45. The number of hydrogen-bond donors (Lipinski definition) is 0. The molecule has 2 nitrogen and oxygen atoms in total. The Morgan fingerprint density at radius 1 is 1.00 bits per heavy atom. The van der Waals surface area contributed by atoms with Crippen molar-refractivity contribution in [2.24, 2.45) is 5.92 Å². The highest BCUT2D eigenvalue weighted by atomic mass is 16.2. The molecule has 0 unspecified atom stereocenters. The quantitative estimate of drug-likeness (QED) is 0.769. The molecule has 2 aliphatic rings. The smallest absolute Gasteiger partial charge is 0.226 e. The van der Waals surface area contributed by atoms with Gasteiger partial charge in [0.15, 0.2) is 0 Å². The summed E-state index contributed by atoms with van der Waals surface area (Å²) in [4.78, 5) is 14.7. The van der Waals surface area contributed by atoms with Crippen LogP contribution in [0.15, 0.2) is 30.3 Å². The average Bonchev–Trinajstić information content (AvgIpc) is 2.96. The minimum Gasteiger partial charge on any atom is -0.334 e. The molecule has 4 rings (SSSR count). The molecule has 0 aromatic heterocycles. The van der Waals surface area contributed by atoms with Crippen LogP contribution in [0.5, 0.6) is 0 Å². The first kappa shape index (κ1) is 15.4. The van der Waals surface area contributed by atoms with E-state index in [1.807, 2.05) is 0 Å². The predicted molar refractivity (Wildman–Crippen MR) is 97.7 cm³/mol. The number of fused-ring (bicyclic) bond motifs is 1. The molecule has 124 valence electrons. The van der Waals surface area contributed by atoms with Gasteiger partial charge in [-0.05, 0) is 67.0 Å². The molecule has 1 saturated carbocycles. The molecule has 1 aliphatic heterocycles. The first-order valence-corrected chi connectivity index (χ1v) is 9.02. The summed E-state index contributed by atoms with van der Waals surface area (Å²) in [6.07, 6.45) is 3.38. The molecule has 2 heteroatoms. The Morgan fingerprint density at radius 2 is 1.67 bits per heavy atom. The van der Waals surface area contributed by atoms with Crippen LogP contribution in [0.4, 0.5) is 0 Å². The summed E-state index contributed by atoms with van der Waals surface area (Å²) in [5, 5.41) is 0. The Balaban J connectivity index is 1.69.